The number of pyridine rings is 1. The summed E-state index contributed by atoms with van der Waals surface area (Å²) in [5, 5.41) is 0.728. The van der Waals surface area contributed by atoms with Crippen LogP contribution in [0.4, 0.5) is 11.4 Å². The highest BCUT2D eigenvalue weighted by Gasteiger charge is 2.18. The Hall–Kier alpha value is -4.03. The summed E-state index contributed by atoms with van der Waals surface area (Å²) in [7, 11) is 1.63. The Morgan fingerprint density at radius 1 is 0.974 bits per heavy atom. The summed E-state index contributed by atoms with van der Waals surface area (Å²) in [6.45, 7) is 3.15. The first-order valence-electron chi connectivity index (χ1n) is 12.6. The van der Waals surface area contributed by atoms with E-state index in [1.54, 1.807) is 26.3 Å². The van der Waals surface area contributed by atoms with Crippen molar-refractivity contribution in [2.75, 3.05) is 25.2 Å². The number of anilines is 2. The number of aryl methyl sites for hydroxylation is 1. The Morgan fingerprint density at radius 2 is 1.82 bits per heavy atom. The zero-order valence-corrected chi connectivity index (χ0v) is 22.4. The van der Waals surface area contributed by atoms with E-state index in [0.717, 1.165) is 34.8 Å². The summed E-state index contributed by atoms with van der Waals surface area (Å²) in [6.07, 6.45) is 5.28. The smallest absolute Gasteiger partial charge is 0.338 e. The highest BCUT2D eigenvalue weighted by molar-refractivity contribution is 6.30. The fraction of sp³-hybridized carbons (Fsp3) is 0.226. The first-order valence-corrected chi connectivity index (χ1v) is 12.9. The molecule has 0 radical (unpaired) electrons. The van der Waals surface area contributed by atoms with Crippen LogP contribution in [0, 0.1) is 0 Å². The molecule has 0 aliphatic heterocycles. The van der Waals surface area contributed by atoms with Gasteiger partial charge < -0.3 is 19.1 Å². The zero-order chi connectivity index (χ0) is 26.7. The molecule has 1 heterocycles. The fourth-order valence-corrected chi connectivity index (χ4v) is 4.20. The van der Waals surface area contributed by atoms with E-state index in [0.29, 0.717) is 36.8 Å². The quantitative estimate of drug-likeness (QED) is 0.142. The van der Waals surface area contributed by atoms with Crippen LogP contribution in [-0.4, -0.2) is 31.3 Å². The molecule has 0 aliphatic rings. The van der Waals surface area contributed by atoms with Gasteiger partial charge in [-0.3, -0.25) is 4.98 Å². The number of halogens is 1. The monoisotopic (exact) mass is 530 g/mol. The molecule has 0 bridgehead atoms. The number of rotatable bonds is 12. The molecule has 0 unspecified atom stereocenters. The number of methoxy groups -OCH3 is 1. The van der Waals surface area contributed by atoms with Crippen LogP contribution in [0.5, 0.6) is 11.5 Å². The highest BCUT2D eigenvalue weighted by atomic mass is 35.5. The standard InChI is InChI=1S/C31H31ClN2O4/c1-3-37-31(35)25-9-4-10-27(19-25)34(22-24-7-5-17-33-21-24)29-16-15-28(36-2)20-30(29)38-18-6-8-23-11-13-26(32)14-12-23/h4-5,7,9-17,19-21H,3,6,8,18,22H2,1-2H3. The summed E-state index contributed by atoms with van der Waals surface area (Å²) in [6, 6.07) is 25.0. The lowest BCUT2D eigenvalue weighted by molar-refractivity contribution is 0.0526. The van der Waals surface area contributed by atoms with Crippen LogP contribution in [0.15, 0.2) is 91.3 Å². The molecule has 4 rings (SSSR count). The summed E-state index contributed by atoms with van der Waals surface area (Å²) >= 11 is 6.01. The number of aromatic nitrogens is 1. The van der Waals surface area contributed by atoms with Crippen molar-refractivity contribution >= 4 is 28.9 Å². The number of ether oxygens (including phenoxy) is 3. The van der Waals surface area contributed by atoms with Crippen molar-refractivity contribution in [2.45, 2.75) is 26.3 Å². The lowest BCUT2D eigenvalue weighted by Gasteiger charge is -2.28. The van der Waals surface area contributed by atoms with Crippen LogP contribution in [0.3, 0.4) is 0 Å². The van der Waals surface area contributed by atoms with E-state index in [2.05, 4.69) is 9.88 Å². The molecule has 0 saturated heterocycles. The van der Waals surface area contributed by atoms with Crippen molar-refractivity contribution in [1.29, 1.82) is 0 Å². The van der Waals surface area contributed by atoms with Gasteiger partial charge in [0.2, 0.25) is 0 Å². The van der Waals surface area contributed by atoms with Crippen LogP contribution >= 0.6 is 11.6 Å². The Kier molecular flexibility index (Phi) is 9.59. The Morgan fingerprint density at radius 3 is 2.55 bits per heavy atom. The van der Waals surface area contributed by atoms with E-state index in [-0.39, 0.29) is 5.97 Å². The normalized spacial score (nSPS) is 10.6. The molecule has 0 atom stereocenters. The van der Waals surface area contributed by atoms with Crippen molar-refractivity contribution in [2.24, 2.45) is 0 Å². The maximum absolute atomic E-state index is 12.5. The minimum absolute atomic E-state index is 0.314. The molecule has 0 spiro atoms. The largest absolute Gasteiger partial charge is 0.497 e. The van der Waals surface area contributed by atoms with Crippen molar-refractivity contribution in [1.82, 2.24) is 4.98 Å². The molecule has 0 aliphatic carbocycles. The van der Waals surface area contributed by atoms with E-state index in [1.165, 1.54) is 5.56 Å². The second-order valence-electron chi connectivity index (χ2n) is 8.63. The second kappa shape index (κ2) is 13.5. The molecule has 0 saturated carbocycles. The summed E-state index contributed by atoms with van der Waals surface area (Å²) in [5.41, 5.74) is 4.38. The van der Waals surface area contributed by atoms with Gasteiger partial charge in [-0.05, 0) is 79.4 Å². The number of carbonyl (C=O) groups excluding carboxylic acids is 1. The van der Waals surface area contributed by atoms with Crippen molar-refractivity contribution in [3.8, 4) is 11.5 Å². The SMILES string of the molecule is CCOC(=O)c1cccc(N(Cc2cccnc2)c2ccc(OC)cc2OCCCc2ccc(Cl)cc2)c1. The van der Waals surface area contributed by atoms with Crippen molar-refractivity contribution in [3.63, 3.8) is 0 Å². The molecule has 196 valence electrons. The molecular formula is C31H31ClN2O4. The van der Waals surface area contributed by atoms with Gasteiger partial charge in [0.25, 0.3) is 0 Å². The number of carbonyl (C=O) groups is 1. The third-order valence-electron chi connectivity index (χ3n) is 5.97. The van der Waals surface area contributed by atoms with Gasteiger partial charge in [-0.15, -0.1) is 0 Å². The van der Waals surface area contributed by atoms with Crippen LogP contribution in [-0.2, 0) is 17.7 Å². The van der Waals surface area contributed by atoms with E-state index in [1.807, 2.05) is 79.0 Å². The second-order valence-corrected chi connectivity index (χ2v) is 9.07. The van der Waals surface area contributed by atoms with Crippen LogP contribution < -0.4 is 14.4 Å². The topological polar surface area (TPSA) is 60.9 Å². The average Bonchev–Trinajstić information content (AvgIpc) is 2.96. The van der Waals surface area contributed by atoms with Crippen LogP contribution in [0.1, 0.15) is 34.8 Å². The summed E-state index contributed by atoms with van der Waals surface area (Å²) in [5.74, 6) is 1.03. The van der Waals surface area contributed by atoms with Gasteiger partial charge in [-0.25, -0.2) is 4.79 Å². The Labute approximate surface area is 228 Å². The third-order valence-corrected chi connectivity index (χ3v) is 6.22. The van der Waals surface area contributed by atoms with Gasteiger partial charge in [0.15, 0.2) is 0 Å². The number of esters is 1. The van der Waals surface area contributed by atoms with Gasteiger partial charge in [0, 0.05) is 35.7 Å². The summed E-state index contributed by atoms with van der Waals surface area (Å²) < 4.78 is 17.1. The molecule has 0 N–H and O–H groups in total. The molecule has 4 aromatic rings. The fourth-order valence-electron chi connectivity index (χ4n) is 4.07. The van der Waals surface area contributed by atoms with E-state index >= 15 is 0 Å². The minimum atomic E-state index is -0.357. The first kappa shape index (κ1) is 27.0. The van der Waals surface area contributed by atoms with Gasteiger partial charge in [-0.1, -0.05) is 35.9 Å². The average molecular weight is 531 g/mol. The van der Waals surface area contributed by atoms with Crippen LogP contribution in [0.2, 0.25) is 5.02 Å². The maximum atomic E-state index is 12.5. The number of hydrogen-bond donors (Lipinski definition) is 0. The van der Waals surface area contributed by atoms with Crippen LogP contribution in [0.25, 0.3) is 0 Å². The van der Waals surface area contributed by atoms with Gasteiger partial charge in [-0.2, -0.15) is 0 Å². The number of nitrogens with zero attached hydrogens (tertiary/aromatic N) is 2. The van der Waals surface area contributed by atoms with Gasteiger partial charge in [0.1, 0.15) is 11.5 Å². The predicted molar refractivity (Wildman–Crippen MR) is 151 cm³/mol. The van der Waals surface area contributed by atoms with E-state index in [9.17, 15) is 4.79 Å². The molecule has 3 aromatic carbocycles. The predicted octanol–water partition coefficient (Wildman–Crippen LogP) is 7.27. The molecule has 7 heteroatoms. The molecule has 0 amide bonds. The van der Waals surface area contributed by atoms with Gasteiger partial charge in [0.05, 0.1) is 31.6 Å². The lowest BCUT2D eigenvalue weighted by atomic mass is 10.1. The van der Waals surface area contributed by atoms with Gasteiger partial charge >= 0.3 is 5.97 Å². The molecule has 0 fully saturated rings. The minimum Gasteiger partial charge on any atom is -0.497 e. The Balaban J connectivity index is 1.63. The lowest BCUT2D eigenvalue weighted by Crippen LogP contribution is -2.18. The number of hydrogen-bond acceptors (Lipinski definition) is 6. The Bertz CT molecular complexity index is 1330. The van der Waals surface area contributed by atoms with Crippen molar-refractivity contribution < 1.29 is 19.0 Å². The summed E-state index contributed by atoms with van der Waals surface area (Å²) in [4.78, 5) is 18.9. The molecule has 1 aromatic heterocycles. The zero-order valence-electron chi connectivity index (χ0n) is 21.6. The van der Waals surface area contributed by atoms with E-state index in [4.69, 9.17) is 25.8 Å². The third kappa shape index (κ3) is 7.26. The first-order chi connectivity index (χ1) is 18.6. The van der Waals surface area contributed by atoms with Crippen molar-refractivity contribution in [3.05, 3.63) is 113 Å². The molecular weight excluding hydrogens is 500 g/mol. The number of benzene rings is 3. The van der Waals surface area contributed by atoms with E-state index < -0.39 is 0 Å². The molecule has 38 heavy (non-hydrogen) atoms. The molecule has 6 nitrogen and oxygen atoms in total. The maximum Gasteiger partial charge on any atom is 0.338 e. The highest BCUT2D eigenvalue weighted by Crippen LogP contribution is 2.38.